The molecule has 7 nitrogen and oxygen atoms in total. The van der Waals surface area contributed by atoms with E-state index >= 15 is 0 Å². The lowest BCUT2D eigenvalue weighted by Crippen LogP contribution is -2.44. The summed E-state index contributed by atoms with van der Waals surface area (Å²) in [7, 11) is 3.38. The molecule has 1 aliphatic heterocycles. The fraction of sp³-hybridized carbons (Fsp3) is 0.458. The van der Waals surface area contributed by atoms with E-state index in [4.69, 9.17) is 10.5 Å². The van der Waals surface area contributed by atoms with E-state index in [2.05, 4.69) is 11.1 Å². The first kappa shape index (κ1) is 22.6. The molecule has 1 aromatic carbocycles. The number of rotatable bonds is 5. The average Bonchev–Trinajstić information content (AvgIpc) is 2.72. The number of hydrogen-bond acceptors (Lipinski definition) is 5. The zero-order chi connectivity index (χ0) is 22.7. The van der Waals surface area contributed by atoms with Gasteiger partial charge in [0.1, 0.15) is 11.6 Å². The fourth-order valence-corrected chi connectivity index (χ4v) is 4.05. The van der Waals surface area contributed by atoms with Crippen LogP contribution in [0.2, 0.25) is 0 Å². The SMILES string of the molecule is Cc1cc(C)cc(OC(C)C(=O)N2CCC(c3ccc(C(=O)N(C)C)c(N)n3)CC2)c1. The van der Waals surface area contributed by atoms with Crippen LogP contribution in [0.15, 0.2) is 30.3 Å². The van der Waals surface area contributed by atoms with Crippen molar-refractivity contribution in [3.8, 4) is 5.75 Å². The number of nitrogen functional groups attached to an aromatic ring is 1. The topological polar surface area (TPSA) is 88.8 Å². The third-order valence-electron chi connectivity index (χ3n) is 5.66. The van der Waals surface area contributed by atoms with E-state index in [0.29, 0.717) is 18.7 Å². The minimum atomic E-state index is -0.539. The number of aromatic nitrogens is 1. The second-order valence-electron chi connectivity index (χ2n) is 8.55. The van der Waals surface area contributed by atoms with Crippen LogP contribution in [0.4, 0.5) is 5.82 Å². The number of nitrogens with zero attached hydrogens (tertiary/aromatic N) is 3. The predicted molar refractivity (Wildman–Crippen MR) is 121 cm³/mol. The Kier molecular flexibility index (Phi) is 6.83. The minimum Gasteiger partial charge on any atom is -0.481 e. The number of anilines is 1. The summed E-state index contributed by atoms with van der Waals surface area (Å²) in [5.74, 6) is 1.03. The van der Waals surface area contributed by atoms with Crippen LogP contribution in [-0.4, -0.2) is 59.9 Å². The van der Waals surface area contributed by atoms with Crippen LogP contribution in [0.3, 0.4) is 0 Å². The first-order chi connectivity index (χ1) is 14.7. The van der Waals surface area contributed by atoms with Crippen molar-refractivity contribution in [1.29, 1.82) is 0 Å². The highest BCUT2D eigenvalue weighted by Crippen LogP contribution is 2.29. The van der Waals surface area contributed by atoms with Crippen molar-refractivity contribution in [2.45, 2.75) is 45.6 Å². The molecule has 0 radical (unpaired) electrons. The molecule has 2 heterocycles. The van der Waals surface area contributed by atoms with Crippen LogP contribution in [0.25, 0.3) is 0 Å². The number of carbonyl (C=O) groups excluding carboxylic acids is 2. The van der Waals surface area contributed by atoms with Gasteiger partial charge in [-0.1, -0.05) is 6.07 Å². The summed E-state index contributed by atoms with van der Waals surface area (Å²) < 4.78 is 5.92. The molecule has 31 heavy (non-hydrogen) atoms. The number of piperidine rings is 1. The van der Waals surface area contributed by atoms with Crippen LogP contribution >= 0.6 is 0 Å². The van der Waals surface area contributed by atoms with Gasteiger partial charge in [-0.25, -0.2) is 4.98 Å². The van der Waals surface area contributed by atoms with Gasteiger partial charge >= 0.3 is 0 Å². The van der Waals surface area contributed by atoms with Crippen molar-refractivity contribution < 1.29 is 14.3 Å². The number of hydrogen-bond donors (Lipinski definition) is 1. The third-order valence-corrected chi connectivity index (χ3v) is 5.66. The fourth-order valence-electron chi connectivity index (χ4n) is 4.05. The Balaban J connectivity index is 1.59. The highest BCUT2D eigenvalue weighted by atomic mass is 16.5. The lowest BCUT2D eigenvalue weighted by Gasteiger charge is -2.33. The molecule has 0 saturated carbocycles. The molecule has 0 spiro atoms. The van der Waals surface area contributed by atoms with Gasteiger partial charge in [0.2, 0.25) is 0 Å². The van der Waals surface area contributed by atoms with Gasteiger partial charge in [-0.3, -0.25) is 9.59 Å². The lowest BCUT2D eigenvalue weighted by molar-refractivity contribution is -0.139. The maximum atomic E-state index is 12.9. The van der Waals surface area contributed by atoms with E-state index in [9.17, 15) is 9.59 Å². The summed E-state index contributed by atoms with van der Waals surface area (Å²) in [5.41, 5.74) is 9.55. The van der Waals surface area contributed by atoms with E-state index in [1.54, 1.807) is 27.1 Å². The van der Waals surface area contributed by atoms with Crippen LogP contribution < -0.4 is 10.5 Å². The Morgan fingerprint density at radius 2 is 1.74 bits per heavy atom. The van der Waals surface area contributed by atoms with Gasteiger partial charge in [0.25, 0.3) is 11.8 Å². The molecular weight excluding hydrogens is 392 g/mol. The number of likely N-dealkylation sites (tertiary alicyclic amines) is 1. The molecule has 0 aliphatic carbocycles. The summed E-state index contributed by atoms with van der Waals surface area (Å²) in [6.07, 6.45) is 1.06. The van der Waals surface area contributed by atoms with E-state index in [0.717, 1.165) is 35.4 Å². The third kappa shape index (κ3) is 5.34. The molecule has 0 bridgehead atoms. The molecule has 2 aromatic rings. The Bertz CT molecular complexity index is 945. The number of aryl methyl sites for hydroxylation is 2. The number of nitrogens with two attached hydrogens (primary N) is 1. The van der Waals surface area contributed by atoms with Gasteiger partial charge in [-0.05, 0) is 69.0 Å². The molecule has 1 aromatic heterocycles. The smallest absolute Gasteiger partial charge is 0.263 e. The van der Waals surface area contributed by atoms with Crippen LogP contribution in [-0.2, 0) is 4.79 Å². The van der Waals surface area contributed by atoms with E-state index < -0.39 is 6.10 Å². The molecule has 1 saturated heterocycles. The number of benzene rings is 1. The second kappa shape index (κ2) is 9.37. The summed E-state index contributed by atoms with van der Waals surface area (Å²) >= 11 is 0. The van der Waals surface area contributed by atoms with E-state index in [-0.39, 0.29) is 23.6 Å². The average molecular weight is 425 g/mol. The molecule has 1 fully saturated rings. The van der Waals surface area contributed by atoms with Gasteiger partial charge in [-0.15, -0.1) is 0 Å². The van der Waals surface area contributed by atoms with Crippen molar-refractivity contribution >= 4 is 17.6 Å². The van der Waals surface area contributed by atoms with Gasteiger partial charge < -0.3 is 20.3 Å². The number of pyridine rings is 1. The molecule has 2 N–H and O–H groups in total. The summed E-state index contributed by atoms with van der Waals surface area (Å²) in [4.78, 5) is 32.9. The summed E-state index contributed by atoms with van der Waals surface area (Å²) in [5, 5.41) is 0. The predicted octanol–water partition coefficient (Wildman–Crippen LogP) is 3.16. The Morgan fingerprint density at radius 1 is 1.13 bits per heavy atom. The van der Waals surface area contributed by atoms with Crippen LogP contribution in [0, 0.1) is 13.8 Å². The molecular formula is C24H32N4O3. The molecule has 1 atom stereocenters. The summed E-state index contributed by atoms with van der Waals surface area (Å²) in [6.45, 7) is 7.12. The van der Waals surface area contributed by atoms with Gasteiger partial charge in [0.15, 0.2) is 6.10 Å². The normalized spacial score (nSPS) is 15.5. The molecule has 2 amide bonds. The Morgan fingerprint density at radius 3 is 2.29 bits per heavy atom. The lowest BCUT2D eigenvalue weighted by atomic mass is 9.92. The first-order valence-electron chi connectivity index (χ1n) is 10.7. The minimum absolute atomic E-state index is 0.00277. The monoisotopic (exact) mass is 424 g/mol. The maximum absolute atomic E-state index is 12.9. The van der Waals surface area contributed by atoms with Crippen LogP contribution in [0.5, 0.6) is 5.75 Å². The molecule has 3 rings (SSSR count). The van der Waals surface area contributed by atoms with Crippen molar-refractivity contribution in [2.24, 2.45) is 0 Å². The van der Waals surface area contributed by atoms with Gasteiger partial charge in [0, 0.05) is 38.8 Å². The molecule has 7 heteroatoms. The zero-order valence-corrected chi connectivity index (χ0v) is 19.0. The molecule has 166 valence electrons. The molecule has 1 unspecified atom stereocenters. The maximum Gasteiger partial charge on any atom is 0.263 e. The van der Waals surface area contributed by atoms with E-state index in [1.165, 1.54) is 4.90 Å². The standard InChI is InChI=1S/C24H32N4O3/c1-15-12-16(2)14-19(13-15)31-17(3)23(29)28-10-8-18(9-11-28)21-7-6-20(22(25)26-21)24(30)27(4)5/h6-7,12-14,17-18H,8-11H2,1-5H3,(H2,25,26). The van der Waals surface area contributed by atoms with Crippen molar-refractivity contribution in [3.63, 3.8) is 0 Å². The van der Waals surface area contributed by atoms with E-state index in [1.807, 2.05) is 36.9 Å². The van der Waals surface area contributed by atoms with Gasteiger partial charge in [0.05, 0.1) is 5.56 Å². The number of ether oxygens (including phenoxy) is 1. The van der Waals surface area contributed by atoms with Crippen molar-refractivity contribution in [2.75, 3.05) is 32.9 Å². The zero-order valence-electron chi connectivity index (χ0n) is 19.0. The Hall–Kier alpha value is -3.09. The second-order valence-corrected chi connectivity index (χ2v) is 8.55. The quantitative estimate of drug-likeness (QED) is 0.796. The summed E-state index contributed by atoms with van der Waals surface area (Å²) in [6, 6.07) is 9.60. The highest BCUT2D eigenvalue weighted by molar-refractivity contribution is 5.98. The number of carbonyl (C=O) groups is 2. The van der Waals surface area contributed by atoms with Crippen molar-refractivity contribution in [1.82, 2.24) is 14.8 Å². The highest BCUT2D eigenvalue weighted by Gasteiger charge is 2.29. The number of amides is 2. The Labute approximate surface area is 184 Å². The molecule has 1 aliphatic rings. The van der Waals surface area contributed by atoms with Crippen LogP contribution in [0.1, 0.15) is 52.9 Å². The van der Waals surface area contributed by atoms with Crippen molar-refractivity contribution in [3.05, 3.63) is 52.7 Å². The largest absolute Gasteiger partial charge is 0.481 e. The first-order valence-corrected chi connectivity index (χ1v) is 10.7. The van der Waals surface area contributed by atoms with Gasteiger partial charge in [-0.2, -0.15) is 0 Å².